The SMILES string of the molecule is CCCOc1nc(NCCO)ccc1N. The van der Waals surface area contributed by atoms with E-state index in [4.69, 9.17) is 15.6 Å². The van der Waals surface area contributed by atoms with Gasteiger partial charge in [-0.25, -0.2) is 0 Å². The van der Waals surface area contributed by atoms with Crippen LogP contribution < -0.4 is 15.8 Å². The van der Waals surface area contributed by atoms with Crippen LogP contribution in [-0.4, -0.2) is 29.8 Å². The Morgan fingerprint density at radius 2 is 2.33 bits per heavy atom. The van der Waals surface area contributed by atoms with E-state index >= 15 is 0 Å². The normalized spacial score (nSPS) is 10.0. The Hall–Kier alpha value is -1.49. The lowest BCUT2D eigenvalue weighted by molar-refractivity contribution is 0.305. The zero-order valence-corrected chi connectivity index (χ0v) is 8.86. The van der Waals surface area contributed by atoms with Crippen molar-refractivity contribution in [2.45, 2.75) is 13.3 Å². The molecule has 15 heavy (non-hydrogen) atoms. The highest BCUT2D eigenvalue weighted by molar-refractivity contribution is 5.53. The van der Waals surface area contributed by atoms with Crippen LogP contribution in [0.1, 0.15) is 13.3 Å². The average molecular weight is 211 g/mol. The molecule has 0 radical (unpaired) electrons. The number of hydrogen-bond donors (Lipinski definition) is 3. The number of ether oxygens (including phenoxy) is 1. The van der Waals surface area contributed by atoms with E-state index < -0.39 is 0 Å². The first-order valence-corrected chi connectivity index (χ1v) is 5.02. The Balaban J connectivity index is 2.66. The number of aliphatic hydroxyl groups excluding tert-OH is 1. The minimum absolute atomic E-state index is 0.0667. The number of rotatable bonds is 6. The molecule has 0 fully saturated rings. The molecule has 5 heteroatoms. The average Bonchev–Trinajstić information content (AvgIpc) is 2.26. The number of nitrogens with two attached hydrogens (primary N) is 1. The summed E-state index contributed by atoms with van der Waals surface area (Å²) in [6.45, 7) is 3.14. The summed E-state index contributed by atoms with van der Waals surface area (Å²) >= 11 is 0. The number of nitrogens with one attached hydrogen (secondary N) is 1. The standard InChI is InChI=1S/C10H17N3O2/c1-2-7-15-10-8(11)3-4-9(13-10)12-5-6-14/h3-4,14H,2,5-7,11H2,1H3,(H,12,13). The number of hydrogen-bond acceptors (Lipinski definition) is 5. The number of pyridine rings is 1. The molecule has 1 rings (SSSR count). The molecule has 0 aromatic carbocycles. The van der Waals surface area contributed by atoms with Crippen LogP contribution in [0.5, 0.6) is 5.88 Å². The monoisotopic (exact) mass is 211 g/mol. The van der Waals surface area contributed by atoms with E-state index in [1.54, 1.807) is 12.1 Å². The Morgan fingerprint density at radius 1 is 1.53 bits per heavy atom. The van der Waals surface area contributed by atoms with E-state index in [0.717, 1.165) is 6.42 Å². The molecule has 1 aromatic heterocycles. The molecule has 0 spiro atoms. The molecule has 0 atom stereocenters. The van der Waals surface area contributed by atoms with Crippen molar-refractivity contribution in [3.8, 4) is 5.88 Å². The van der Waals surface area contributed by atoms with E-state index in [-0.39, 0.29) is 6.61 Å². The van der Waals surface area contributed by atoms with Crippen molar-refractivity contribution in [2.75, 3.05) is 30.8 Å². The predicted octanol–water partition coefficient (Wildman–Crippen LogP) is 0.857. The smallest absolute Gasteiger partial charge is 0.239 e. The van der Waals surface area contributed by atoms with Crippen molar-refractivity contribution in [3.63, 3.8) is 0 Å². The summed E-state index contributed by atoms with van der Waals surface area (Å²) < 4.78 is 5.37. The van der Waals surface area contributed by atoms with Gasteiger partial charge in [0.05, 0.1) is 18.9 Å². The van der Waals surface area contributed by atoms with E-state index in [1.807, 2.05) is 6.92 Å². The highest BCUT2D eigenvalue weighted by Gasteiger charge is 2.03. The molecule has 0 saturated heterocycles. The van der Waals surface area contributed by atoms with Gasteiger partial charge in [0.2, 0.25) is 5.88 Å². The first-order chi connectivity index (χ1) is 7.27. The van der Waals surface area contributed by atoms with Crippen LogP contribution in [0.2, 0.25) is 0 Å². The first kappa shape index (κ1) is 11.6. The summed E-state index contributed by atoms with van der Waals surface area (Å²) in [7, 11) is 0. The van der Waals surface area contributed by atoms with Gasteiger partial charge in [0.15, 0.2) is 0 Å². The Morgan fingerprint density at radius 3 is 3.00 bits per heavy atom. The zero-order valence-electron chi connectivity index (χ0n) is 8.86. The molecule has 0 aliphatic carbocycles. The highest BCUT2D eigenvalue weighted by Crippen LogP contribution is 2.20. The Kier molecular flexibility index (Phi) is 4.70. The van der Waals surface area contributed by atoms with Crippen LogP contribution in [0, 0.1) is 0 Å². The van der Waals surface area contributed by atoms with Gasteiger partial charge in [-0.05, 0) is 18.6 Å². The Bertz CT molecular complexity index is 305. The van der Waals surface area contributed by atoms with Crippen LogP contribution in [0.4, 0.5) is 11.5 Å². The minimum Gasteiger partial charge on any atom is -0.476 e. The number of aromatic nitrogens is 1. The first-order valence-electron chi connectivity index (χ1n) is 5.02. The highest BCUT2D eigenvalue weighted by atomic mass is 16.5. The summed E-state index contributed by atoms with van der Waals surface area (Å²) in [5, 5.41) is 11.6. The van der Waals surface area contributed by atoms with Crippen molar-refractivity contribution in [2.24, 2.45) is 0 Å². The zero-order chi connectivity index (χ0) is 11.1. The maximum Gasteiger partial charge on any atom is 0.239 e. The molecule has 0 amide bonds. The molecule has 5 nitrogen and oxygen atoms in total. The summed E-state index contributed by atoms with van der Waals surface area (Å²) in [6.07, 6.45) is 0.912. The summed E-state index contributed by atoms with van der Waals surface area (Å²) in [4.78, 5) is 4.18. The van der Waals surface area contributed by atoms with Gasteiger partial charge in [0.25, 0.3) is 0 Å². The van der Waals surface area contributed by atoms with Crippen molar-refractivity contribution < 1.29 is 9.84 Å². The van der Waals surface area contributed by atoms with E-state index in [1.165, 1.54) is 0 Å². The van der Waals surface area contributed by atoms with Gasteiger partial charge >= 0.3 is 0 Å². The summed E-state index contributed by atoms with van der Waals surface area (Å²) in [5.41, 5.74) is 6.22. The van der Waals surface area contributed by atoms with E-state index in [0.29, 0.717) is 30.5 Å². The van der Waals surface area contributed by atoms with Gasteiger partial charge in [-0.15, -0.1) is 0 Å². The number of aliphatic hydroxyl groups is 1. The van der Waals surface area contributed by atoms with Crippen LogP contribution in [-0.2, 0) is 0 Å². The second-order valence-electron chi connectivity index (χ2n) is 3.09. The summed E-state index contributed by atoms with van der Waals surface area (Å²) in [6, 6.07) is 3.49. The lowest BCUT2D eigenvalue weighted by Crippen LogP contribution is -2.08. The number of anilines is 2. The molecule has 84 valence electrons. The van der Waals surface area contributed by atoms with Gasteiger partial charge in [0.1, 0.15) is 5.82 Å². The molecule has 0 aliphatic heterocycles. The fraction of sp³-hybridized carbons (Fsp3) is 0.500. The van der Waals surface area contributed by atoms with Gasteiger partial charge in [0, 0.05) is 6.54 Å². The van der Waals surface area contributed by atoms with Crippen molar-refractivity contribution in [1.82, 2.24) is 4.98 Å². The molecular formula is C10H17N3O2. The largest absolute Gasteiger partial charge is 0.476 e. The van der Waals surface area contributed by atoms with Crippen LogP contribution in [0.25, 0.3) is 0 Å². The molecular weight excluding hydrogens is 194 g/mol. The van der Waals surface area contributed by atoms with Crippen molar-refractivity contribution >= 4 is 11.5 Å². The van der Waals surface area contributed by atoms with Gasteiger partial charge in [-0.1, -0.05) is 6.92 Å². The van der Waals surface area contributed by atoms with E-state index in [2.05, 4.69) is 10.3 Å². The van der Waals surface area contributed by atoms with Gasteiger partial charge < -0.3 is 20.9 Å². The van der Waals surface area contributed by atoms with Crippen molar-refractivity contribution in [1.29, 1.82) is 0 Å². The number of nitrogens with zero attached hydrogens (tertiary/aromatic N) is 1. The molecule has 4 N–H and O–H groups in total. The third kappa shape index (κ3) is 3.63. The lowest BCUT2D eigenvalue weighted by atomic mass is 10.4. The molecule has 0 saturated carbocycles. The minimum atomic E-state index is 0.0667. The van der Waals surface area contributed by atoms with Gasteiger partial charge in [-0.2, -0.15) is 4.98 Å². The van der Waals surface area contributed by atoms with Crippen molar-refractivity contribution in [3.05, 3.63) is 12.1 Å². The molecule has 1 aromatic rings. The van der Waals surface area contributed by atoms with E-state index in [9.17, 15) is 0 Å². The quantitative estimate of drug-likeness (QED) is 0.650. The maximum absolute atomic E-state index is 8.65. The molecule has 0 aliphatic rings. The van der Waals surface area contributed by atoms with Crippen LogP contribution in [0.3, 0.4) is 0 Å². The third-order valence-corrected chi connectivity index (χ3v) is 1.75. The maximum atomic E-state index is 8.65. The number of nitrogen functional groups attached to an aromatic ring is 1. The molecule has 0 unspecified atom stereocenters. The summed E-state index contributed by atoms with van der Waals surface area (Å²) in [5.74, 6) is 1.10. The lowest BCUT2D eigenvalue weighted by Gasteiger charge is -2.09. The van der Waals surface area contributed by atoms with Crippen LogP contribution in [0.15, 0.2) is 12.1 Å². The van der Waals surface area contributed by atoms with Gasteiger partial charge in [-0.3, -0.25) is 0 Å². The molecule has 1 heterocycles. The predicted molar refractivity (Wildman–Crippen MR) is 60.0 cm³/mol. The Labute approximate surface area is 89.3 Å². The molecule has 0 bridgehead atoms. The third-order valence-electron chi connectivity index (χ3n) is 1.75. The fourth-order valence-electron chi connectivity index (χ4n) is 1.05. The van der Waals surface area contributed by atoms with Crippen LogP contribution >= 0.6 is 0 Å². The second kappa shape index (κ2) is 6.08. The second-order valence-corrected chi connectivity index (χ2v) is 3.09. The topological polar surface area (TPSA) is 80.4 Å². The fourth-order valence-corrected chi connectivity index (χ4v) is 1.05.